The summed E-state index contributed by atoms with van der Waals surface area (Å²) in [6, 6.07) is 13.5. The Hall–Kier alpha value is -3.60. The SMILES string of the molecule is CC1=C(C(=O)OCC(C)C)C(c2cccc(C(F)(F)F)c2)CC(=O)N1Cc1cccc(C#N)c1. The standard InChI is InChI=1S/C26H25F3N2O3/c1-16(2)15-34-25(33)24-17(3)31(14-19-7-4-6-18(10-19)13-30)23(32)12-22(24)20-8-5-9-21(11-20)26(27,28)29/h4-11,16,22H,12,14-15H2,1-3H3. The Labute approximate surface area is 196 Å². The number of hydrogen-bond donors (Lipinski definition) is 0. The average Bonchev–Trinajstić information content (AvgIpc) is 2.79. The molecule has 1 unspecified atom stereocenters. The Morgan fingerprint density at radius 3 is 2.56 bits per heavy atom. The second kappa shape index (κ2) is 10.1. The highest BCUT2D eigenvalue weighted by atomic mass is 19.4. The summed E-state index contributed by atoms with van der Waals surface area (Å²) >= 11 is 0. The predicted octanol–water partition coefficient (Wildman–Crippen LogP) is 5.57. The van der Waals surface area contributed by atoms with Gasteiger partial charge < -0.3 is 9.64 Å². The summed E-state index contributed by atoms with van der Waals surface area (Å²) in [5.74, 6) is -1.79. The molecule has 34 heavy (non-hydrogen) atoms. The van der Waals surface area contributed by atoms with Gasteiger partial charge in [0.2, 0.25) is 5.91 Å². The number of alkyl halides is 3. The fourth-order valence-corrected chi connectivity index (χ4v) is 3.93. The van der Waals surface area contributed by atoms with E-state index in [9.17, 15) is 22.8 Å². The van der Waals surface area contributed by atoms with Crippen molar-refractivity contribution in [2.45, 2.75) is 45.8 Å². The molecule has 3 rings (SSSR count). The minimum absolute atomic E-state index is 0.0620. The van der Waals surface area contributed by atoms with Crippen molar-refractivity contribution in [2.75, 3.05) is 6.61 Å². The van der Waals surface area contributed by atoms with Crippen LogP contribution in [0.15, 0.2) is 59.8 Å². The first kappa shape index (κ1) is 25.0. The van der Waals surface area contributed by atoms with Gasteiger partial charge in [-0.25, -0.2) is 4.79 Å². The molecule has 0 N–H and O–H groups in total. The lowest BCUT2D eigenvalue weighted by Gasteiger charge is -2.35. The molecule has 2 aromatic rings. The number of esters is 1. The van der Waals surface area contributed by atoms with Crippen LogP contribution in [0.1, 0.15) is 55.4 Å². The van der Waals surface area contributed by atoms with Gasteiger partial charge in [-0.1, -0.05) is 44.2 Å². The maximum absolute atomic E-state index is 13.3. The quantitative estimate of drug-likeness (QED) is 0.518. The molecule has 1 amide bonds. The Morgan fingerprint density at radius 2 is 1.91 bits per heavy atom. The lowest BCUT2D eigenvalue weighted by atomic mass is 9.83. The van der Waals surface area contributed by atoms with Gasteiger partial charge in [0.05, 0.1) is 35.9 Å². The van der Waals surface area contributed by atoms with Gasteiger partial charge in [0.15, 0.2) is 0 Å². The van der Waals surface area contributed by atoms with Crippen molar-refractivity contribution in [2.24, 2.45) is 5.92 Å². The second-order valence-corrected chi connectivity index (χ2v) is 8.66. The fourth-order valence-electron chi connectivity index (χ4n) is 3.93. The first-order chi connectivity index (χ1) is 16.0. The molecule has 0 saturated heterocycles. The molecule has 1 aliphatic heterocycles. The van der Waals surface area contributed by atoms with Crippen LogP contribution in [0.5, 0.6) is 0 Å². The minimum atomic E-state index is -4.55. The van der Waals surface area contributed by atoms with Crippen LogP contribution in [0.4, 0.5) is 13.2 Å². The van der Waals surface area contributed by atoms with Crippen LogP contribution < -0.4 is 0 Å². The largest absolute Gasteiger partial charge is 0.462 e. The number of hydrogen-bond acceptors (Lipinski definition) is 4. The predicted molar refractivity (Wildman–Crippen MR) is 119 cm³/mol. The molecule has 1 heterocycles. The number of nitrogens with zero attached hydrogens (tertiary/aromatic N) is 2. The molecule has 8 heteroatoms. The number of amides is 1. The van der Waals surface area contributed by atoms with E-state index in [4.69, 9.17) is 10.00 Å². The zero-order valence-electron chi connectivity index (χ0n) is 19.1. The van der Waals surface area contributed by atoms with E-state index in [0.717, 1.165) is 12.1 Å². The van der Waals surface area contributed by atoms with Crippen molar-refractivity contribution in [3.8, 4) is 6.07 Å². The summed E-state index contributed by atoms with van der Waals surface area (Å²) in [5, 5.41) is 9.15. The second-order valence-electron chi connectivity index (χ2n) is 8.66. The van der Waals surface area contributed by atoms with Gasteiger partial charge in [-0.3, -0.25) is 4.79 Å². The summed E-state index contributed by atoms with van der Waals surface area (Å²) in [6.07, 6.45) is -4.73. The van der Waals surface area contributed by atoms with Gasteiger partial charge in [-0.15, -0.1) is 0 Å². The van der Waals surface area contributed by atoms with Crippen LogP contribution in [0.25, 0.3) is 0 Å². The van der Waals surface area contributed by atoms with E-state index in [-0.39, 0.29) is 42.5 Å². The molecule has 0 saturated carbocycles. The van der Waals surface area contributed by atoms with Crippen LogP contribution >= 0.6 is 0 Å². The normalized spacial score (nSPS) is 16.6. The van der Waals surface area contributed by atoms with E-state index < -0.39 is 23.6 Å². The Bertz CT molecular complexity index is 1160. The Balaban J connectivity index is 2.05. The zero-order chi connectivity index (χ0) is 25.0. The van der Waals surface area contributed by atoms with Crippen LogP contribution in [-0.4, -0.2) is 23.4 Å². The van der Waals surface area contributed by atoms with Gasteiger partial charge in [-0.2, -0.15) is 18.4 Å². The number of nitriles is 1. The molecule has 0 aromatic heterocycles. The highest BCUT2D eigenvalue weighted by Gasteiger charge is 2.38. The van der Waals surface area contributed by atoms with Crippen molar-refractivity contribution in [3.63, 3.8) is 0 Å². The molecule has 1 aliphatic rings. The summed E-state index contributed by atoms with van der Waals surface area (Å²) in [7, 11) is 0. The van der Waals surface area contributed by atoms with Crippen molar-refractivity contribution >= 4 is 11.9 Å². The van der Waals surface area contributed by atoms with Gasteiger partial charge in [0, 0.05) is 18.0 Å². The van der Waals surface area contributed by atoms with Crippen molar-refractivity contribution in [3.05, 3.63) is 82.1 Å². The molecule has 0 bridgehead atoms. The molecule has 0 spiro atoms. The third kappa shape index (κ3) is 5.66. The van der Waals surface area contributed by atoms with E-state index in [1.165, 1.54) is 17.0 Å². The van der Waals surface area contributed by atoms with E-state index in [1.54, 1.807) is 31.2 Å². The van der Waals surface area contributed by atoms with Gasteiger partial charge in [0.1, 0.15) is 0 Å². The molecule has 2 aromatic carbocycles. The average molecular weight is 470 g/mol. The van der Waals surface area contributed by atoms with Gasteiger partial charge in [-0.05, 0) is 42.2 Å². The fraction of sp³-hybridized carbons (Fsp3) is 0.346. The number of allylic oxidation sites excluding steroid dienone is 1. The lowest BCUT2D eigenvalue weighted by molar-refractivity contribution is -0.141. The zero-order valence-corrected chi connectivity index (χ0v) is 19.1. The summed E-state index contributed by atoms with van der Waals surface area (Å²) in [4.78, 5) is 27.6. The molecular weight excluding hydrogens is 445 g/mol. The maximum atomic E-state index is 13.3. The van der Waals surface area contributed by atoms with Crippen molar-refractivity contribution in [1.82, 2.24) is 4.90 Å². The monoisotopic (exact) mass is 470 g/mol. The molecule has 0 aliphatic carbocycles. The van der Waals surface area contributed by atoms with Gasteiger partial charge in [0.25, 0.3) is 0 Å². The minimum Gasteiger partial charge on any atom is -0.462 e. The van der Waals surface area contributed by atoms with Crippen LogP contribution in [0, 0.1) is 17.2 Å². The number of ether oxygens (including phenoxy) is 1. The highest BCUT2D eigenvalue weighted by molar-refractivity contribution is 5.95. The number of rotatable bonds is 6. The molecule has 178 valence electrons. The molecule has 0 fully saturated rings. The van der Waals surface area contributed by atoms with E-state index >= 15 is 0 Å². The van der Waals surface area contributed by atoms with Gasteiger partial charge >= 0.3 is 12.1 Å². The van der Waals surface area contributed by atoms with E-state index in [1.807, 2.05) is 19.9 Å². The van der Waals surface area contributed by atoms with Crippen molar-refractivity contribution < 1.29 is 27.5 Å². The highest BCUT2D eigenvalue weighted by Crippen LogP contribution is 2.39. The first-order valence-electron chi connectivity index (χ1n) is 10.9. The first-order valence-corrected chi connectivity index (χ1v) is 10.9. The molecule has 0 radical (unpaired) electrons. The topological polar surface area (TPSA) is 70.4 Å². The Kier molecular flexibility index (Phi) is 7.45. The molecule has 5 nitrogen and oxygen atoms in total. The van der Waals surface area contributed by atoms with Crippen LogP contribution in [0.2, 0.25) is 0 Å². The Morgan fingerprint density at radius 1 is 1.21 bits per heavy atom. The third-order valence-electron chi connectivity index (χ3n) is 5.60. The van der Waals surface area contributed by atoms with Crippen LogP contribution in [0.3, 0.4) is 0 Å². The third-order valence-corrected chi connectivity index (χ3v) is 5.60. The number of carbonyl (C=O) groups excluding carboxylic acids is 2. The lowest BCUT2D eigenvalue weighted by Crippen LogP contribution is -2.38. The summed E-state index contributed by atoms with van der Waals surface area (Å²) in [5.41, 5.74) is 0.998. The van der Waals surface area contributed by atoms with E-state index in [0.29, 0.717) is 16.8 Å². The van der Waals surface area contributed by atoms with E-state index in [2.05, 4.69) is 0 Å². The van der Waals surface area contributed by atoms with Crippen molar-refractivity contribution in [1.29, 1.82) is 5.26 Å². The molecular formula is C26H25F3N2O3. The smallest absolute Gasteiger partial charge is 0.416 e. The number of carbonyl (C=O) groups is 2. The maximum Gasteiger partial charge on any atom is 0.416 e. The number of benzene rings is 2. The number of halogens is 3. The summed E-state index contributed by atoms with van der Waals surface area (Å²) in [6.45, 7) is 5.60. The molecule has 1 atom stereocenters. The van der Waals surface area contributed by atoms with Crippen LogP contribution in [-0.2, 0) is 27.0 Å². The summed E-state index contributed by atoms with van der Waals surface area (Å²) < 4.78 is 45.4.